The van der Waals surface area contributed by atoms with Crippen LogP contribution in [0.3, 0.4) is 0 Å². The van der Waals surface area contributed by atoms with Gasteiger partial charge in [-0.2, -0.15) is 5.10 Å². The highest BCUT2D eigenvalue weighted by Gasteiger charge is 2.22. The Morgan fingerprint density at radius 3 is 2.84 bits per heavy atom. The van der Waals surface area contributed by atoms with Crippen LogP contribution in [0.2, 0.25) is 0 Å². The van der Waals surface area contributed by atoms with Crippen LogP contribution in [0.5, 0.6) is 0 Å². The van der Waals surface area contributed by atoms with Gasteiger partial charge in [-0.1, -0.05) is 13.2 Å². The molecule has 7 heteroatoms. The highest BCUT2D eigenvalue weighted by atomic mass is 16.1. The minimum absolute atomic E-state index is 0.273. The number of hydrogen-bond acceptors (Lipinski definition) is 5. The minimum Gasteiger partial charge on any atom is -0.370 e. The summed E-state index contributed by atoms with van der Waals surface area (Å²) in [5.41, 5.74) is 2.22. The zero-order chi connectivity index (χ0) is 17.8. The predicted molar refractivity (Wildman–Crippen MR) is 97.0 cm³/mol. The Morgan fingerprint density at radius 2 is 2.12 bits per heavy atom. The average molecular weight is 340 g/mol. The Bertz CT molecular complexity index is 788. The number of carbonyl (C=O) groups is 1. The molecule has 0 unspecified atom stereocenters. The summed E-state index contributed by atoms with van der Waals surface area (Å²) in [6.07, 6.45) is 7.12. The van der Waals surface area contributed by atoms with Gasteiger partial charge >= 0.3 is 0 Å². The Balaban J connectivity index is 1.60. The molecule has 0 saturated carbocycles. The van der Waals surface area contributed by atoms with Gasteiger partial charge in [0.1, 0.15) is 5.56 Å². The predicted octanol–water partition coefficient (Wildman–Crippen LogP) is 1.42. The number of nitrogens with zero attached hydrogens (tertiary/aromatic N) is 4. The van der Waals surface area contributed by atoms with Gasteiger partial charge in [-0.05, 0) is 38.4 Å². The van der Waals surface area contributed by atoms with Crippen molar-refractivity contribution < 1.29 is 4.79 Å². The fourth-order valence-corrected chi connectivity index (χ4v) is 3.15. The van der Waals surface area contributed by atoms with E-state index in [1.54, 1.807) is 23.0 Å². The average Bonchev–Trinajstić information content (AvgIpc) is 3.06. The van der Waals surface area contributed by atoms with Crippen LogP contribution in [0, 0.1) is 5.92 Å². The molecule has 0 aromatic carbocycles. The van der Waals surface area contributed by atoms with E-state index in [-0.39, 0.29) is 5.91 Å². The molecule has 1 saturated heterocycles. The maximum absolute atomic E-state index is 12.5. The van der Waals surface area contributed by atoms with Crippen LogP contribution >= 0.6 is 0 Å². The molecule has 0 radical (unpaired) electrons. The van der Waals surface area contributed by atoms with Crippen molar-refractivity contribution in [3.63, 3.8) is 0 Å². The third kappa shape index (κ3) is 3.71. The summed E-state index contributed by atoms with van der Waals surface area (Å²) in [5, 5.41) is 10.2. The van der Waals surface area contributed by atoms with Crippen LogP contribution < -0.4 is 10.6 Å². The van der Waals surface area contributed by atoms with Gasteiger partial charge < -0.3 is 15.5 Å². The molecule has 1 aliphatic rings. The second-order valence-corrected chi connectivity index (χ2v) is 6.31. The van der Waals surface area contributed by atoms with Gasteiger partial charge in [0.15, 0.2) is 5.65 Å². The van der Waals surface area contributed by atoms with E-state index in [9.17, 15) is 4.79 Å². The highest BCUT2D eigenvalue weighted by molar-refractivity contribution is 6.00. The molecule has 0 aliphatic carbocycles. The summed E-state index contributed by atoms with van der Waals surface area (Å²) < 4.78 is 1.57. The second-order valence-electron chi connectivity index (χ2n) is 6.31. The zero-order valence-corrected chi connectivity index (χ0v) is 14.5. The molecule has 25 heavy (non-hydrogen) atoms. The van der Waals surface area contributed by atoms with Crippen molar-refractivity contribution in [2.75, 3.05) is 26.7 Å². The second kappa shape index (κ2) is 7.48. The molecule has 132 valence electrons. The number of piperidine rings is 1. The van der Waals surface area contributed by atoms with Gasteiger partial charge in [0.05, 0.1) is 17.6 Å². The Kier molecular flexibility index (Phi) is 5.14. The van der Waals surface area contributed by atoms with E-state index in [0.29, 0.717) is 22.8 Å². The number of carbonyl (C=O) groups excluding carboxylic acids is 1. The molecule has 1 amide bonds. The van der Waals surface area contributed by atoms with E-state index >= 15 is 0 Å². The standard InChI is InChI=1S/C18H24N6O/c1-13(14(2)23-9-5-15(6-10-23)11-19-3)22-18(25)16-12-21-24-8-4-7-20-17(16)24/h4,7-8,12,15,19H,1-2,5-6,9-11H2,3H3,(H,22,25). The fourth-order valence-electron chi connectivity index (χ4n) is 3.15. The summed E-state index contributed by atoms with van der Waals surface area (Å²) in [4.78, 5) is 18.9. The topological polar surface area (TPSA) is 74.6 Å². The summed E-state index contributed by atoms with van der Waals surface area (Å²) in [6.45, 7) is 11.0. The quantitative estimate of drug-likeness (QED) is 0.778. The third-order valence-electron chi connectivity index (χ3n) is 4.63. The number of fused-ring (bicyclic) bond motifs is 1. The summed E-state index contributed by atoms with van der Waals surface area (Å²) in [6, 6.07) is 1.76. The number of amides is 1. The lowest BCUT2D eigenvalue weighted by molar-refractivity contribution is 0.0965. The maximum Gasteiger partial charge on any atom is 0.261 e. The van der Waals surface area contributed by atoms with Crippen LogP contribution in [-0.4, -0.2) is 52.1 Å². The maximum atomic E-state index is 12.5. The molecule has 1 aliphatic heterocycles. The van der Waals surface area contributed by atoms with Crippen LogP contribution in [0.15, 0.2) is 49.2 Å². The molecule has 2 N–H and O–H groups in total. The first-order valence-corrected chi connectivity index (χ1v) is 8.47. The van der Waals surface area contributed by atoms with Gasteiger partial charge in [0.2, 0.25) is 0 Å². The van der Waals surface area contributed by atoms with Gasteiger partial charge in [-0.3, -0.25) is 4.79 Å². The summed E-state index contributed by atoms with van der Waals surface area (Å²) in [7, 11) is 1.98. The molecule has 0 spiro atoms. The molecule has 0 atom stereocenters. The normalized spacial score (nSPS) is 15.3. The smallest absolute Gasteiger partial charge is 0.261 e. The van der Waals surface area contributed by atoms with Crippen LogP contribution in [0.25, 0.3) is 5.65 Å². The first kappa shape index (κ1) is 17.2. The minimum atomic E-state index is -0.273. The van der Waals surface area contributed by atoms with Crippen molar-refractivity contribution in [1.29, 1.82) is 0 Å². The first-order chi connectivity index (χ1) is 12.1. The number of likely N-dealkylation sites (tertiary alicyclic amines) is 1. The number of rotatable bonds is 6. The monoisotopic (exact) mass is 340 g/mol. The SMILES string of the molecule is C=C(NC(=O)c1cnn2cccnc12)C(=C)N1CCC(CNC)CC1. The largest absolute Gasteiger partial charge is 0.370 e. The first-order valence-electron chi connectivity index (χ1n) is 8.47. The van der Waals surface area contributed by atoms with Crippen LogP contribution in [0.1, 0.15) is 23.2 Å². The summed E-state index contributed by atoms with van der Waals surface area (Å²) in [5.74, 6) is 0.423. The number of hydrogen-bond donors (Lipinski definition) is 2. The highest BCUT2D eigenvalue weighted by Crippen LogP contribution is 2.21. The summed E-state index contributed by atoms with van der Waals surface area (Å²) >= 11 is 0. The van der Waals surface area contributed by atoms with E-state index in [1.807, 2.05) is 7.05 Å². The van der Waals surface area contributed by atoms with E-state index in [4.69, 9.17) is 0 Å². The number of aromatic nitrogens is 3. The van der Waals surface area contributed by atoms with Crippen molar-refractivity contribution >= 4 is 11.6 Å². The van der Waals surface area contributed by atoms with Crippen molar-refractivity contribution in [3.8, 4) is 0 Å². The van der Waals surface area contributed by atoms with E-state index in [0.717, 1.165) is 38.2 Å². The van der Waals surface area contributed by atoms with Gasteiger partial charge in [0.25, 0.3) is 5.91 Å². The lowest BCUT2D eigenvalue weighted by atomic mass is 9.96. The van der Waals surface area contributed by atoms with E-state index < -0.39 is 0 Å². The van der Waals surface area contributed by atoms with Crippen molar-refractivity contribution in [1.82, 2.24) is 30.1 Å². The van der Waals surface area contributed by atoms with E-state index in [2.05, 4.69) is 38.8 Å². The molecule has 2 aromatic rings. The van der Waals surface area contributed by atoms with Crippen molar-refractivity contribution in [2.24, 2.45) is 5.92 Å². The Morgan fingerprint density at radius 1 is 1.36 bits per heavy atom. The van der Waals surface area contributed by atoms with E-state index in [1.165, 1.54) is 6.20 Å². The molecule has 1 fully saturated rings. The third-order valence-corrected chi connectivity index (χ3v) is 4.63. The van der Waals surface area contributed by atoms with Gasteiger partial charge in [-0.15, -0.1) is 0 Å². The molecular formula is C18H24N6O. The molecule has 7 nitrogen and oxygen atoms in total. The number of nitrogens with one attached hydrogen (secondary N) is 2. The fraction of sp³-hybridized carbons (Fsp3) is 0.389. The molecule has 2 aromatic heterocycles. The van der Waals surface area contributed by atoms with Crippen molar-refractivity contribution in [3.05, 3.63) is 54.8 Å². The zero-order valence-electron chi connectivity index (χ0n) is 14.5. The molecule has 3 rings (SSSR count). The lowest BCUT2D eigenvalue weighted by Gasteiger charge is -2.35. The van der Waals surface area contributed by atoms with Crippen molar-refractivity contribution in [2.45, 2.75) is 12.8 Å². The molecule has 0 bridgehead atoms. The van der Waals surface area contributed by atoms with Crippen LogP contribution in [0.4, 0.5) is 0 Å². The van der Waals surface area contributed by atoms with Gasteiger partial charge in [-0.25, -0.2) is 9.50 Å². The Labute approximate surface area is 147 Å². The molecule has 3 heterocycles. The Hall–Kier alpha value is -2.67. The van der Waals surface area contributed by atoms with Gasteiger partial charge in [0, 0.05) is 25.5 Å². The lowest BCUT2D eigenvalue weighted by Crippen LogP contribution is -2.38. The van der Waals surface area contributed by atoms with Crippen LogP contribution in [-0.2, 0) is 0 Å². The molecular weight excluding hydrogens is 316 g/mol.